The van der Waals surface area contributed by atoms with Gasteiger partial charge in [-0.25, -0.2) is 8.42 Å². The van der Waals surface area contributed by atoms with Crippen LogP contribution < -0.4 is 19.5 Å². The van der Waals surface area contributed by atoms with E-state index in [0.717, 1.165) is 11.8 Å². The van der Waals surface area contributed by atoms with Crippen LogP contribution in [0.3, 0.4) is 0 Å². The molecule has 0 saturated carbocycles. The zero-order valence-electron chi connectivity index (χ0n) is 14.5. The predicted molar refractivity (Wildman–Crippen MR) is 98.2 cm³/mol. The van der Waals surface area contributed by atoms with Gasteiger partial charge in [-0.2, -0.15) is 0 Å². The molecule has 0 radical (unpaired) electrons. The Kier molecular flexibility index (Phi) is 5.03. The molecule has 8 heteroatoms. The number of sulfonamides is 1. The Morgan fingerprint density at radius 1 is 1.04 bits per heavy atom. The number of carbonyl (C=O) groups is 1. The molecular formula is C18H20N2O5S. The predicted octanol–water partition coefficient (Wildman–Crippen LogP) is 2.32. The second-order valence-corrected chi connectivity index (χ2v) is 7.80. The molecule has 1 aliphatic rings. The molecule has 3 rings (SSSR count). The van der Waals surface area contributed by atoms with Gasteiger partial charge in [-0.1, -0.05) is 6.07 Å². The number of rotatable bonds is 5. The molecule has 0 fully saturated rings. The van der Waals surface area contributed by atoms with E-state index in [1.54, 1.807) is 24.3 Å². The van der Waals surface area contributed by atoms with Crippen molar-refractivity contribution in [1.82, 2.24) is 5.32 Å². The normalized spacial score (nSPS) is 14.4. The van der Waals surface area contributed by atoms with Crippen LogP contribution in [0.25, 0.3) is 0 Å². The molecule has 7 nitrogen and oxygen atoms in total. The zero-order valence-corrected chi connectivity index (χ0v) is 15.3. The van der Waals surface area contributed by atoms with Crippen LogP contribution in [0.1, 0.15) is 28.9 Å². The van der Waals surface area contributed by atoms with E-state index in [1.165, 1.54) is 0 Å². The number of fused-ring (bicyclic) bond motifs is 1. The third kappa shape index (κ3) is 4.45. The van der Waals surface area contributed by atoms with Crippen LogP contribution in [0.4, 0.5) is 5.69 Å². The Morgan fingerprint density at radius 3 is 2.35 bits per heavy atom. The maximum atomic E-state index is 12.4. The lowest BCUT2D eigenvalue weighted by molar-refractivity contribution is 0.0939. The van der Waals surface area contributed by atoms with Crippen LogP contribution in [0, 0.1) is 0 Å². The van der Waals surface area contributed by atoms with Gasteiger partial charge in [-0.3, -0.25) is 9.52 Å². The molecule has 138 valence electrons. The Hall–Kier alpha value is -2.74. The molecule has 2 aromatic carbocycles. The third-order valence-electron chi connectivity index (χ3n) is 3.86. The maximum Gasteiger partial charge on any atom is 0.251 e. The summed E-state index contributed by atoms with van der Waals surface area (Å²) in [5.41, 5.74) is 1.75. The molecule has 1 aliphatic heterocycles. The van der Waals surface area contributed by atoms with Crippen molar-refractivity contribution in [3.05, 3.63) is 53.6 Å². The topological polar surface area (TPSA) is 93.7 Å². The van der Waals surface area contributed by atoms with Gasteiger partial charge in [-0.05, 0) is 48.9 Å². The van der Waals surface area contributed by atoms with Crippen LogP contribution in [-0.2, 0) is 10.0 Å². The van der Waals surface area contributed by atoms with Crippen molar-refractivity contribution in [1.29, 1.82) is 0 Å². The lowest BCUT2D eigenvalue weighted by Crippen LogP contribution is -2.26. The highest BCUT2D eigenvalue weighted by Crippen LogP contribution is 2.32. The Bertz CT molecular complexity index is 910. The van der Waals surface area contributed by atoms with E-state index in [2.05, 4.69) is 10.0 Å². The first-order chi connectivity index (χ1) is 12.3. The monoisotopic (exact) mass is 376 g/mol. The van der Waals surface area contributed by atoms with Crippen molar-refractivity contribution in [2.24, 2.45) is 0 Å². The fourth-order valence-corrected chi connectivity index (χ4v) is 3.16. The fourth-order valence-electron chi connectivity index (χ4n) is 2.60. The summed E-state index contributed by atoms with van der Waals surface area (Å²) in [4.78, 5) is 12.4. The number of carbonyl (C=O) groups excluding carboxylic acids is 1. The van der Waals surface area contributed by atoms with E-state index >= 15 is 0 Å². The van der Waals surface area contributed by atoms with E-state index in [0.29, 0.717) is 36.0 Å². The van der Waals surface area contributed by atoms with Gasteiger partial charge >= 0.3 is 0 Å². The van der Waals surface area contributed by atoms with Gasteiger partial charge in [-0.15, -0.1) is 0 Å². The Labute approximate surface area is 152 Å². The van der Waals surface area contributed by atoms with Crippen molar-refractivity contribution in [3.8, 4) is 11.5 Å². The number of benzene rings is 2. The summed E-state index contributed by atoms with van der Waals surface area (Å²) >= 11 is 0. The minimum absolute atomic E-state index is 0.229. The van der Waals surface area contributed by atoms with Gasteiger partial charge in [0.15, 0.2) is 11.5 Å². The van der Waals surface area contributed by atoms with E-state index < -0.39 is 10.0 Å². The van der Waals surface area contributed by atoms with E-state index in [1.807, 2.05) is 25.1 Å². The molecular weight excluding hydrogens is 356 g/mol. The average Bonchev–Trinajstić information content (AvgIpc) is 2.60. The highest BCUT2D eigenvalue weighted by molar-refractivity contribution is 7.92. The summed E-state index contributed by atoms with van der Waals surface area (Å²) < 4.78 is 35.8. The molecule has 1 heterocycles. The van der Waals surface area contributed by atoms with Crippen molar-refractivity contribution in [2.45, 2.75) is 13.0 Å². The van der Waals surface area contributed by atoms with Crippen LogP contribution in [0.15, 0.2) is 42.5 Å². The maximum absolute atomic E-state index is 12.4. The molecule has 1 atom stereocenters. The lowest BCUT2D eigenvalue weighted by atomic mass is 10.1. The highest BCUT2D eigenvalue weighted by Gasteiger charge is 2.16. The van der Waals surface area contributed by atoms with Crippen molar-refractivity contribution in [2.75, 3.05) is 24.2 Å². The van der Waals surface area contributed by atoms with E-state index in [-0.39, 0.29) is 11.9 Å². The molecule has 0 bridgehead atoms. The van der Waals surface area contributed by atoms with Crippen molar-refractivity contribution >= 4 is 21.6 Å². The minimum Gasteiger partial charge on any atom is -0.486 e. The van der Waals surface area contributed by atoms with E-state index in [9.17, 15) is 13.2 Å². The summed E-state index contributed by atoms with van der Waals surface area (Å²) in [6.45, 7) is 2.91. The van der Waals surface area contributed by atoms with Crippen LogP contribution in [-0.4, -0.2) is 33.8 Å². The first-order valence-corrected chi connectivity index (χ1v) is 9.99. The van der Waals surface area contributed by atoms with Crippen molar-refractivity contribution < 1.29 is 22.7 Å². The summed E-state index contributed by atoms with van der Waals surface area (Å²) in [5, 5.41) is 2.91. The van der Waals surface area contributed by atoms with Crippen LogP contribution >= 0.6 is 0 Å². The van der Waals surface area contributed by atoms with Gasteiger partial charge in [0.05, 0.1) is 12.3 Å². The lowest BCUT2D eigenvalue weighted by Gasteiger charge is -2.21. The number of hydrogen-bond donors (Lipinski definition) is 2. The largest absolute Gasteiger partial charge is 0.486 e. The highest BCUT2D eigenvalue weighted by atomic mass is 32.2. The average molecular weight is 376 g/mol. The summed E-state index contributed by atoms with van der Waals surface area (Å²) in [6.07, 6.45) is 1.07. The molecule has 1 unspecified atom stereocenters. The molecule has 26 heavy (non-hydrogen) atoms. The molecule has 0 aromatic heterocycles. The quantitative estimate of drug-likeness (QED) is 0.835. The van der Waals surface area contributed by atoms with Gasteiger partial charge in [0.1, 0.15) is 13.2 Å². The van der Waals surface area contributed by atoms with Crippen molar-refractivity contribution in [3.63, 3.8) is 0 Å². The number of amides is 1. The second-order valence-electron chi connectivity index (χ2n) is 6.05. The molecule has 1 amide bonds. The molecule has 0 aliphatic carbocycles. The van der Waals surface area contributed by atoms with Gasteiger partial charge in [0.25, 0.3) is 5.91 Å². The SMILES string of the molecule is CC(NC(=O)c1ccc(NS(C)(=O)=O)cc1)c1ccc2c(c1)OCCO2. The van der Waals surface area contributed by atoms with Gasteiger partial charge in [0, 0.05) is 11.3 Å². The number of anilines is 1. The molecule has 2 N–H and O–H groups in total. The third-order valence-corrected chi connectivity index (χ3v) is 4.47. The second kappa shape index (κ2) is 7.25. The Balaban J connectivity index is 1.67. The number of hydrogen-bond acceptors (Lipinski definition) is 5. The summed E-state index contributed by atoms with van der Waals surface area (Å²) in [6, 6.07) is 11.6. The fraction of sp³-hybridized carbons (Fsp3) is 0.278. The molecule has 2 aromatic rings. The molecule has 0 spiro atoms. The van der Waals surface area contributed by atoms with Crippen LogP contribution in [0.5, 0.6) is 11.5 Å². The number of ether oxygens (including phenoxy) is 2. The Morgan fingerprint density at radius 2 is 1.69 bits per heavy atom. The number of nitrogens with one attached hydrogen (secondary N) is 2. The van der Waals surface area contributed by atoms with Crippen LogP contribution in [0.2, 0.25) is 0 Å². The smallest absolute Gasteiger partial charge is 0.251 e. The first kappa shape index (κ1) is 18.1. The summed E-state index contributed by atoms with van der Waals surface area (Å²) in [7, 11) is -3.35. The first-order valence-electron chi connectivity index (χ1n) is 8.10. The standard InChI is InChI=1S/C18H20N2O5S/c1-12(14-5-8-16-17(11-14)25-10-9-24-16)19-18(21)13-3-6-15(7-4-13)20-26(2,22)23/h3-8,11-12,20H,9-10H2,1-2H3,(H,19,21). The van der Waals surface area contributed by atoms with Gasteiger partial charge < -0.3 is 14.8 Å². The molecule has 0 saturated heterocycles. The minimum atomic E-state index is -3.35. The zero-order chi connectivity index (χ0) is 18.7. The summed E-state index contributed by atoms with van der Waals surface area (Å²) in [5.74, 6) is 1.12. The van der Waals surface area contributed by atoms with E-state index in [4.69, 9.17) is 9.47 Å². The van der Waals surface area contributed by atoms with Gasteiger partial charge in [0.2, 0.25) is 10.0 Å².